The maximum atomic E-state index is 13.1. The van der Waals surface area contributed by atoms with Gasteiger partial charge in [0.15, 0.2) is 5.82 Å². The summed E-state index contributed by atoms with van der Waals surface area (Å²) in [5.74, 6) is 1.98. The van der Waals surface area contributed by atoms with Crippen LogP contribution in [0.4, 0.5) is 5.95 Å². The molecule has 0 radical (unpaired) electrons. The highest BCUT2D eigenvalue weighted by molar-refractivity contribution is 7.09. The van der Waals surface area contributed by atoms with Crippen LogP contribution in [0.25, 0.3) is 11.4 Å². The van der Waals surface area contributed by atoms with Gasteiger partial charge in [-0.3, -0.25) is 4.79 Å². The molecule has 0 aliphatic heterocycles. The minimum atomic E-state index is -0.279. The normalized spacial score (nSPS) is 10.6. The largest absolute Gasteiger partial charge is 0.497 e. The van der Waals surface area contributed by atoms with Crippen LogP contribution in [0.2, 0.25) is 0 Å². The molecular formula is C22H20N4O3S. The maximum absolute atomic E-state index is 13.1. The number of nitrogens with zero attached hydrogens (tertiary/aromatic N) is 3. The van der Waals surface area contributed by atoms with Crippen LogP contribution in [0.15, 0.2) is 66.0 Å². The summed E-state index contributed by atoms with van der Waals surface area (Å²) < 4.78 is 11.7. The van der Waals surface area contributed by atoms with E-state index >= 15 is 0 Å². The molecule has 2 heterocycles. The van der Waals surface area contributed by atoms with Crippen molar-refractivity contribution in [1.82, 2.24) is 14.8 Å². The Hall–Kier alpha value is -3.65. The predicted molar refractivity (Wildman–Crippen MR) is 116 cm³/mol. The number of anilines is 1. The number of methoxy groups -OCH3 is 2. The van der Waals surface area contributed by atoms with Gasteiger partial charge in [0.05, 0.1) is 20.8 Å². The number of ether oxygens (including phenoxy) is 2. The van der Waals surface area contributed by atoms with Gasteiger partial charge in [-0.15, -0.1) is 16.4 Å². The Kier molecular flexibility index (Phi) is 5.76. The van der Waals surface area contributed by atoms with Crippen LogP contribution in [0.3, 0.4) is 0 Å². The average molecular weight is 420 g/mol. The van der Waals surface area contributed by atoms with E-state index in [4.69, 9.17) is 9.47 Å². The van der Waals surface area contributed by atoms with E-state index < -0.39 is 0 Å². The molecule has 152 valence electrons. The summed E-state index contributed by atoms with van der Waals surface area (Å²) in [7, 11) is 3.20. The molecule has 0 atom stereocenters. The van der Waals surface area contributed by atoms with E-state index in [1.807, 2.05) is 41.8 Å². The first-order valence-corrected chi connectivity index (χ1v) is 10.1. The average Bonchev–Trinajstić information content (AvgIpc) is 3.47. The smallest absolute Gasteiger partial charge is 0.281 e. The number of nitrogens with one attached hydrogen (secondary N) is 1. The van der Waals surface area contributed by atoms with Crippen LogP contribution in [0.5, 0.6) is 11.5 Å². The van der Waals surface area contributed by atoms with E-state index in [9.17, 15) is 4.79 Å². The first-order chi connectivity index (χ1) is 14.7. The second-order valence-corrected chi connectivity index (χ2v) is 7.40. The zero-order valence-corrected chi connectivity index (χ0v) is 17.3. The third-order valence-electron chi connectivity index (χ3n) is 4.49. The van der Waals surface area contributed by atoms with Gasteiger partial charge in [-0.05, 0) is 60.0 Å². The molecule has 0 amide bonds. The second kappa shape index (κ2) is 8.79. The van der Waals surface area contributed by atoms with E-state index in [0.717, 1.165) is 16.2 Å². The molecule has 2 aromatic carbocycles. The lowest BCUT2D eigenvalue weighted by atomic mass is 10.2. The Labute approximate surface area is 177 Å². The van der Waals surface area contributed by atoms with E-state index in [0.29, 0.717) is 29.6 Å². The predicted octanol–water partition coefficient (Wildman–Crippen LogP) is 4.32. The van der Waals surface area contributed by atoms with E-state index in [2.05, 4.69) is 15.4 Å². The number of hydrogen-bond acceptors (Lipinski definition) is 7. The molecular weight excluding hydrogens is 400 g/mol. The quantitative estimate of drug-likeness (QED) is 0.480. The number of thiophene rings is 1. The molecule has 1 N–H and O–H groups in total. The molecule has 0 saturated carbocycles. The van der Waals surface area contributed by atoms with Gasteiger partial charge in [0.1, 0.15) is 11.5 Å². The van der Waals surface area contributed by atoms with Gasteiger partial charge in [-0.2, -0.15) is 9.67 Å². The molecule has 0 unspecified atom stereocenters. The molecule has 2 aromatic heterocycles. The number of aromatic nitrogens is 3. The lowest BCUT2D eigenvalue weighted by Gasteiger charge is -2.07. The first-order valence-electron chi connectivity index (χ1n) is 9.24. The lowest BCUT2D eigenvalue weighted by molar-refractivity contribution is 0.0947. The van der Waals surface area contributed by atoms with Crippen molar-refractivity contribution >= 4 is 23.2 Å². The summed E-state index contributed by atoms with van der Waals surface area (Å²) in [6.07, 6.45) is 0. The SMILES string of the molecule is COc1ccc(C(=O)n2nc(-c3ccc(OC)cc3)nc2NCc2cccs2)cc1. The van der Waals surface area contributed by atoms with Crippen molar-refractivity contribution in [3.8, 4) is 22.9 Å². The molecule has 0 spiro atoms. The topological polar surface area (TPSA) is 78.3 Å². The number of rotatable bonds is 7. The van der Waals surface area contributed by atoms with Crippen LogP contribution in [-0.2, 0) is 6.54 Å². The Morgan fingerprint density at radius 1 is 1.00 bits per heavy atom. The van der Waals surface area contributed by atoms with Gasteiger partial charge < -0.3 is 14.8 Å². The molecule has 30 heavy (non-hydrogen) atoms. The van der Waals surface area contributed by atoms with Gasteiger partial charge in [-0.1, -0.05) is 6.07 Å². The minimum absolute atomic E-state index is 0.279. The number of hydrogen-bond donors (Lipinski definition) is 1. The Morgan fingerprint density at radius 2 is 1.67 bits per heavy atom. The molecule has 0 fully saturated rings. The summed E-state index contributed by atoms with van der Waals surface area (Å²) in [6, 6.07) is 18.3. The molecule has 0 aliphatic rings. The van der Waals surface area contributed by atoms with Crippen LogP contribution in [0.1, 0.15) is 15.2 Å². The van der Waals surface area contributed by atoms with E-state index in [1.165, 1.54) is 4.68 Å². The summed E-state index contributed by atoms with van der Waals surface area (Å²) in [4.78, 5) is 18.8. The van der Waals surface area contributed by atoms with Gasteiger partial charge in [0.25, 0.3) is 5.91 Å². The minimum Gasteiger partial charge on any atom is -0.497 e. The molecule has 0 aliphatic carbocycles. The highest BCUT2D eigenvalue weighted by Crippen LogP contribution is 2.23. The monoisotopic (exact) mass is 420 g/mol. The van der Waals surface area contributed by atoms with Crippen molar-refractivity contribution in [2.75, 3.05) is 19.5 Å². The van der Waals surface area contributed by atoms with E-state index in [-0.39, 0.29) is 5.91 Å². The van der Waals surface area contributed by atoms with Gasteiger partial charge in [-0.25, -0.2) is 0 Å². The lowest BCUT2D eigenvalue weighted by Crippen LogP contribution is -2.17. The number of carbonyl (C=O) groups excluding carboxylic acids is 1. The zero-order valence-electron chi connectivity index (χ0n) is 16.5. The van der Waals surface area contributed by atoms with Crippen LogP contribution in [0, 0.1) is 0 Å². The summed E-state index contributed by atoms with van der Waals surface area (Å²) >= 11 is 1.63. The van der Waals surface area contributed by atoms with Crippen molar-refractivity contribution in [1.29, 1.82) is 0 Å². The van der Waals surface area contributed by atoms with Crippen molar-refractivity contribution in [3.63, 3.8) is 0 Å². The Bertz CT molecular complexity index is 1120. The highest BCUT2D eigenvalue weighted by Gasteiger charge is 2.19. The van der Waals surface area contributed by atoms with E-state index in [1.54, 1.807) is 49.8 Å². The molecule has 7 nitrogen and oxygen atoms in total. The van der Waals surface area contributed by atoms with Gasteiger partial charge in [0.2, 0.25) is 5.95 Å². The zero-order chi connectivity index (χ0) is 20.9. The summed E-state index contributed by atoms with van der Waals surface area (Å²) in [5.41, 5.74) is 1.28. The van der Waals surface area contributed by atoms with Crippen molar-refractivity contribution in [2.45, 2.75) is 6.54 Å². The van der Waals surface area contributed by atoms with Crippen LogP contribution in [-0.4, -0.2) is 34.9 Å². The fraction of sp³-hybridized carbons (Fsp3) is 0.136. The Balaban J connectivity index is 1.67. The highest BCUT2D eigenvalue weighted by atomic mass is 32.1. The standard InChI is InChI=1S/C22H20N4O3S/c1-28-17-9-5-15(6-10-17)20-24-22(23-14-19-4-3-13-30-19)26(25-20)21(27)16-7-11-18(29-2)12-8-16/h3-13H,14H2,1-2H3,(H,23,24,25). The number of carbonyl (C=O) groups is 1. The maximum Gasteiger partial charge on any atom is 0.281 e. The van der Waals surface area contributed by atoms with Crippen molar-refractivity contribution in [2.24, 2.45) is 0 Å². The van der Waals surface area contributed by atoms with Crippen molar-refractivity contribution in [3.05, 3.63) is 76.5 Å². The molecule has 8 heteroatoms. The fourth-order valence-electron chi connectivity index (χ4n) is 2.87. The van der Waals surface area contributed by atoms with Crippen LogP contribution >= 0.6 is 11.3 Å². The molecule has 0 saturated heterocycles. The number of benzene rings is 2. The second-order valence-electron chi connectivity index (χ2n) is 6.37. The third kappa shape index (κ3) is 4.18. The third-order valence-corrected chi connectivity index (χ3v) is 5.36. The molecule has 0 bridgehead atoms. The van der Waals surface area contributed by atoms with Crippen LogP contribution < -0.4 is 14.8 Å². The Morgan fingerprint density at radius 3 is 2.27 bits per heavy atom. The summed E-state index contributed by atoms with van der Waals surface area (Å²) in [6.45, 7) is 0.550. The fourth-order valence-corrected chi connectivity index (χ4v) is 3.51. The first kappa shape index (κ1) is 19.7. The van der Waals surface area contributed by atoms with Gasteiger partial charge >= 0.3 is 0 Å². The molecule has 4 rings (SSSR count). The summed E-state index contributed by atoms with van der Waals surface area (Å²) in [5, 5.41) is 9.72. The van der Waals surface area contributed by atoms with Crippen molar-refractivity contribution < 1.29 is 14.3 Å². The molecule has 4 aromatic rings. The van der Waals surface area contributed by atoms with Gasteiger partial charge in [0, 0.05) is 16.0 Å².